The van der Waals surface area contributed by atoms with Crippen molar-refractivity contribution in [3.05, 3.63) is 71.4 Å². The Kier molecular flexibility index (Phi) is 21.3. The number of carbonyl (C=O) groups excluding carboxylic acids is 1. The first-order valence-corrected chi connectivity index (χ1v) is 21.9. The van der Waals surface area contributed by atoms with E-state index in [1.54, 1.807) is 24.0 Å². The lowest BCUT2D eigenvalue weighted by molar-refractivity contribution is -0.110. The number of aliphatic imine (C=N–C) groups is 1. The van der Waals surface area contributed by atoms with E-state index in [4.69, 9.17) is 50.5 Å². The minimum Gasteiger partial charge on any atom is -0.475 e. The lowest BCUT2D eigenvalue weighted by Gasteiger charge is -2.43. The van der Waals surface area contributed by atoms with Gasteiger partial charge in [-0.15, -0.1) is 0 Å². The number of halogens is 2. The van der Waals surface area contributed by atoms with Crippen molar-refractivity contribution in [1.82, 2.24) is 19.5 Å². The molecule has 3 aromatic heterocycles. The highest BCUT2D eigenvalue weighted by Crippen LogP contribution is 2.34. The second-order valence-corrected chi connectivity index (χ2v) is 15.4. The number of piperidine rings is 1. The molecule has 1 saturated heterocycles. The van der Waals surface area contributed by atoms with Gasteiger partial charge in [-0.3, -0.25) is 4.90 Å². The summed E-state index contributed by atoms with van der Waals surface area (Å²) in [5, 5.41) is 8.73. The number of nitrogens with one attached hydrogen (secondary N) is 1. The molecule has 62 heavy (non-hydrogen) atoms. The van der Waals surface area contributed by atoms with E-state index in [0.717, 1.165) is 67.1 Å². The zero-order valence-corrected chi connectivity index (χ0v) is 37.0. The number of aldehydes is 1. The Hall–Kier alpha value is -4.26. The Morgan fingerprint density at radius 3 is 2.21 bits per heavy atom. The van der Waals surface area contributed by atoms with E-state index >= 15 is 0 Å². The van der Waals surface area contributed by atoms with Crippen molar-refractivity contribution in [2.75, 3.05) is 98.3 Å². The van der Waals surface area contributed by atoms with Crippen molar-refractivity contribution in [3.8, 4) is 17.0 Å². The Bertz CT molecular complexity index is 1960. The van der Waals surface area contributed by atoms with Gasteiger partial charge in [0.15, 0.2) is 0 Å². The van der Waals surface area contributed by atoms with Crippen LogP contribution < -0.4 is 15.8 Å². The summed E-state index contributed by atoms with van der Waals surface area (Å²) in [6.45, 7) is 11.3. The van der Waals surface area contributed by atoms with Crippen LogP contribution in [-0.2, 0) is 33.2 Å². The van der Waals surface area contributed by atoms with Crippen LogP contribution in [0.25, 0.3) is 16.6 Å². The van der Waals surface area contributed by atoms with E-state index in [2.05, 4.69) is 39.1 Å². The number of pyridine rings is 1. The number of hydrogen-bond donors (Lipinski definition) is 2. The predicted molar refractivity (Wildman–Crippen MR) is 238 cm³/mol. The molecule has 1 aliphatic heterocycles. The summed E-state index contributed by atoms with van der Waals surface area (Å²) in [6.07, 6.45) is 11.9. The summed E-state index contributed by atoms with van der Waals surface area (Å²) in [4.78, 5) is 22.8. The average Bonchev–Trinajstić information content (AvgIpc) is 3.72. The Balaban J connectivity index is 1.08. The first-order chi connectivity index (χ1) is 30.3. The number of aromatic nitrogens is 3. The number of amidine groups is 1. The third-order valence-corrected chi connectivity index (χ3v) is 10.9. The lowest BCUT2D eigenvalue weighted by atomic mass is 9.90. The van der Waals surface area contributed by atoms with E-state index in [9.17, 15) is 9.18 Å². The van der Waals surface area contributed by atoms with E-state index in [0.29, 0.717) is 97.3 Å². The van der Waals surface area contributed by atoms with Gasteiger partial charge in [0, 0.05) is 74.1 Å². The molecular weight excluding hydrogens is 821 g/mol. The fourth-order valence-corrected chi connectivity index (χ4v) is 7.52. The third-order valence-electron chi connectivity index (χ3n) is 10.6. The van der Waals surface area contributed by atoms with E-state index < -0.39 is 5.82 Å². The fraction of sp³-hybridized carbons (Fsp3) is 0.556. The molecule has 5 rings (SSSR count). The number of benzene rings is 1. The summed E-state index contributed by atoms with van der Waals surface area (Å²) in [5.41, 5.74) is 10.7. The highest BCUT2D eigenvalue weighted by Gasteiger charge is 2.33. The molecule has 0 amide bonds. The largest absolute Gasteiger partial charge is 0.475 e. The molecule has 1 aromatic carbocycles. The smallest absolute Gasteiger partial charge is 0.213 e. The summed E-state index contributed by atoms with van der Waals surface area (Å²) >= 11 is 6.36. The highest BCUT2D eigenvalue weighted by molar-refractivity contribution is 6.33. The topological polar surface area (TPSA) is 166 Å². The van der Waals surface area contributed by atoms with Gasteiger partial charge >= 0.3 is 0 Å². The van der Waals surface area contributed by atoms with Gasteiger partial charge in [-0.05, 0) is 69.7 Å². The number of methoxy groups -OCH3 is 1. The van der Waals surface area contributed by atoms with Crippen LogP contribution in [0.15, 0.2) is 60.0 Å². The van der Waals surface area contributed by atoms with Crippen molar-refractivity contribution in [3.63, 3.8) is 0 Å². The van der Waals surface area contributed by atoms with Crippen LogP contribution in [0.1, 0.15) is 57.9 Å². The molecule has 1 aliphatic rings. The van der Waals surface area contributed by atoms with Gasteiger partial charge in [-0.2, -0.15) is 5.10 Å². The highest BCUT2D eigenvalue weighted by atomic mass is 35.5. The Morgan fingerprint density at radius 2 is 1.56 bits per heavy atom. The fourth-order valence-electron chi connectivity index (χ4n) is 7.36. The van der Waals surface area contributed by atoms with E-state index in [1.807, 2.05) is 24.4 Å². The summed E-state index contributed by atoms with van der Waals surface area (Å²) < 4.78 is 54.5. The van der Waals surface area contributed by atoms with Gasteiger partial charge in [0.1, 0.15) is 24.5 Å². The maximum atomic E-state index is 14.2. The van der Waals surface area contributed by atoms with Gasteiger partial charge in [-0.25, -0.2) is 18.9 Å². The molecule has 0 aliphatic carbocycles. The van der Waals surface area contributed by atoms with Crippen LogP contribution in [0.5, 0.6) is 5.88 Å². The monoisotopic (exact) mass is 883 g/mol. The maximum absolute atomic E-state index is 14.2. The van der Waals surface area contributed by atoms with Crippen LogP contribution in [-0.4, -0.2) is 143 Å². The summed E-state index contributed by atoms with van der Waals surface area (Å²) in [6, 6.07) is 10.2. The Morgan fingerprint density at radius 1 is 0.887 bits per heavy atom. The van der Waals surface area contributed by atoms with Crippen molar-refractivity contribution < 1.29 is 42.3 Å². The molecule has 340 valence electrons. The molecule has 3 N–H and O–H groups in total. The number of likely N-dealkylation sites (tertiary alicyclic amines) is 1. The number of unbranched alkanes of at least 4 members (excludes halogenated alkanes) is 2. The molecule has 0 bridgehead atoms. The number of nitrogens with zero attached hydrogens (tertiary/aromatic N) is 5. The molecule has 3 unspecified atom stereocenters. The van der Waals surface area contributed by atoms with Gasteiger partial charge in [0.2, 0.25) is 5.88 Å². The van der Waals surface area contributed by atoms with Crippen LogP contribution in [0, 0.1) is 5.82 Å². The van der Waals surface area contributed by atoms with Crippen molar-refractivity contribution >= 4 is 40.6 Å². The zero-order chi connectivity index (χ0) is 43.9. The quantitative estimate of drug-likeness (QED) is 0.0245. The van der Waals surface area contributed by atoms with Crippen LogP contribution >= 0.6 is 11.6 Å². The molecule has 17 heteroatoms. The molecule has 4 heterocycles. The second-order valence-electron chi connectivity index (χ2n) is 15.0. The van der Waals surface area contributed by atoms with Gasteiger partial charge in [-0.1, -0.05) is 18.5 Å². The molecule has 4 aromatic rings. The molecule has 0 radical (unpaired) electrons. The minimum absolute atomic E-state index is 0.0724. The Labute approximate surface area is 369 Å². The zero-order valence-electron chi connectivity index (χ0n) is 36.3. The second kappa shape index (κ2) is 27.0. The third kappa shape index (κ3) is 15.5. The number of anilines is 1. The first-order valence-electron chi connectivity index (χ1n) is 21.5. The maximum Gasteiger partial charge on any atom is 0.213 e. The molecule has 0 spiro atoms. The van der Waals surface area contributed by atoms with Gasteiger partial charge < -0.3 is 49.0 Å². The van der Waals surface area contributed by atoms with E-state index in [1.165, 1.54) is 18.2 Å². The molecule has 0 saturated carbocycles. The normalized spacial score (nSPS) is 17.2. The molecule has 1 fully saturated rings. The first kappa shape index (κ1) is 48.8. The van der Waals surface area contributed by atoms with Crippen molar-refractivity contribution in [1.29, 1.82) is 0 Å². The van der Waals surface area contributed by atoms with Crippen molar-refractivity contribution in [2.24, 2.45) is 10.7 Å². The van der Waals surface area contributed by atoms with E-state index in [-0.39, 0.29) is 34.7 Å². The van der Waals surface area contributed by atoms with Crippen molar-refractivity contribution in [2.45, 2.75) is 70.5 Å². The lowest BCUT2D eigenvalue weighted by Crippen LogP contribution is -2.51. The number of hydrogen-bond acceptors (Lipinski definition) is 13. The number of ether oxygens (including phenoxy) is 7. The van der Waals surface area contributed by atoms with Gasteiger partial charge in [0.25, 0.3) is 0 Å². The van der Waals surface area contributed by atoms with Gasteiger partial charge in [0.05, 0.1) is 99.7 Å². The van der Waals surface area contributed by atoms with Crippen LogP contribution in [0.4, 0.5) is 15.8 Å². The minimum atomic E-state index is -0.471. The molecule has 3 atom stereocenters. The SMILES string of the molecule is CCC1CC(Nc2c(C(N)=Nc3cc(F)ccc3Cl)cnn3cc(-c4ccc(OCCOCCOCCCCCOCCOCCOCCOC)nc4)cc23)CC(C)N1CC=O. The molecular formula is C45H63ClFN7O8. The van der Waals surface area contributed by atoms with Crippen LogP contribution in [0.3, 0.4) is 0 Å². The predicted octanol–water partition coefficient (Wildman–Crippen LogP) is 6.75. The van der Waals surface area contributed by atoms with Crippen LogP contribution in [0.2, 0.25) is 5.02 Å². The standard InChI is InChI=1S/C45H63ClFN7O8/c1-4-38-29-37(26-33(2)53(38)12-13-55)51-44-39(45(48)52-41-28-36(47)9-10-40(41)46)31-50-54-32-35(27-42(44)54)34-8-11-43(49-30-34)62-25-24-61-21-19-58-15-7-5-6-14-57-18-20-60-23-22-59-17-16-56-3/h8-11,13,27-28,30-33,37-38,51H,4-7,12,14-26,29H2,1-3H3,(H2,48,52). The average molecular weight is 884 g/mol. The summed E-state index contributed by atoms with van der Waals surface area (Å²) in [5.74, 6) is 0.153. The number of rotatable bonds is 30. The summed E-state index contributed by atoms with van der Waals surface area (Å²) in [7, 11) is 1.65. The number of carbonyl (C=O) groups is 1. The number of fused-ring (bicyclic) bond motifs is 1. The number of nitrogens with two attached hydrogens (primary N) is 1. The molecule has 15 nitrogen and oxygen atoms in total.